The molecule has 2 rings (SSSR count). The molecule has 1 aliphatic rings. The van der Waals surface area contributed by atoms with Gasteiger partial charge in [0.1, 0.15) is 0 Å². The molecular weight excluding hydrogens is 292 g/mol. The lowest BCUT2D eigenvalue weighted by molar-refractivity contribution is 0.0489. The quantitative estimate of drug-likeness (QED) is 0.873. The van der Waals surface area contributed by atoms with E-state index in [0.717, 1.165) is 19.3 Å². The maximum Gasteiger partial charge on any atom is 0.254 e. The van der Waals surface area contributed by atoms with Crippen LogP contribution in [0.15, 0.2) is 24.3 Å². The second-order valence-corrected chi connectivity index (χ2v) is 6.27. The van der Waals surface area contributed by atoms with Crippen molar-refractivity contribution in [3.05, 3.63) is 35.4 Å². The molecule has 2 N–H and O–H groups in total. The van der Waals surface area contributed by atoms with Crippen LogP contribution in [0.4, 0.5) is 0 Å². The standard InChI is InChI=1S/C18H26N2O3/c1-3-9-19-17(22)15-5-4-6-16(10-15)18(23)20-11-14(12-21)8-7-13(20)2/h4-6,10,13-14,21H,3,7-9,11-12H2,1-2H3,(H,19,22). The highest BCUT2D eigenvalue weighted by Crippen LogP contribution is 2.23. The van der Waals surface area contributed by atoms with E-state index in [4.69, 9.17) is 0 Å². The van der Waals surface area contributed by atoms with Gasteiger partial charge in [-0.2, -0.15) is 0 Å². The summed E-state index contributed by atoms with van der Waals surface area (Å²) in [7, 11) is 0. The maximum atomic E-state index is 12.8. The van der Waals surface area contributed by atoms with E-state index in [0.29, 0.717) is 24.2 Å². The number of aliphatic hydroxyl groups excluding tert-OH is 1. The van der Waals surface area contributed by atoms with Gasteiger partial charge < -0.3 is 15.3 Å². The van der Waals surface area contributed by atoms with Crippen molar-refractivity contribution in [3.8, 4) is 0 Å². The van der Waals surface area contributed by atoms with E-state index < -0.39 is 0 Å². The van der Waals surface area contributed by atoms with Gasteiger partial charge in [-0.25, -0.2) is 0 Å². The zero-order valence-corrected chi connectivity index (χ0v) is 13.9. The van der Waals surface area contributed by atoms with Crippen molar-refractivity contribution < 1.29 is 14.7 Å². The zero-order valence-electron chi connectivity index (χ0n) is 13.9. The largest absolute Gasteiger partial charge is 0.396 e. The lowest BCUT2D eigenvalue weighted by Crippen LogP contribution is -2.46. The molecule has 0 aliphatic carbocycles. The summed E-state index contributed by atoms with van der Waals surface area (Å²) in [5.41, 5.74) is 1.03. The molecule has 1 heterocycles. The highest BCUT2D eigenvalue weighted by Gasteiger charge is 2.29. The van der Waals surface area contributed by atoms with E-state index >= 15 is 0 Å². The van der Waals surface area contributed by atoms with Gasteiger partial charge in [-0.3, -0.25) is 9.59 Å². The number of hydrogen-bond donors (Lipinski definition) is 2. The topological polar surface area (TPSA) is 69.6 Å². The molecule has 1 aromatic carbocycles. The average molecular weight is 318 g/mol. The van der Waals surface area contributed by atoms with Gasteiger partial charge in [-0.05, 0) is 50.3 Å². The van der Waals surface area contributed by atoms with Gasteiger partial charge in [0.15, 0.2) is 0 Å². The van der Waals surface area contributed by atoms with Crippen LogP contribution in [-0.2, 0) is 0 Å². The fraction of sp³-hybridized carbons (Fsp3) is 0.556. The van der Waals surface area contributed by atoms with Crippen molar-refractivity contribution in [2.75, 3.05) is 19.7 Å². The summed E-state index contributed by atoms with van der Waals surface area (Å²) in [5, 5.41) is 12.2. The second kappa shape index (κ2) is 8.11. The van der Waals surface area contributed by atoms with Crippen molar-refractivity contribution in [2.45, 2.75) is 39.2 Å². The minimum Gasteiger partial charge on any atom is -0.396 e. The van der Waals surface area contributed by atoms with Crippen LogP contribution in [0, 0.1) is 5.92 Å². The minimum absolute atomic E-state index is 0.0687. The highest BCUT2D eigenvalue weighted by molar-refractivity contribution is 5.99. The van der Waals surface area contributed by atoms with Crippen LogP contribution in [0.25, 0.3) is 0 Å². The molecule has 1 saturated heterocycles. The molecule has 0 saturated carbocycles. The number of carbonyl (C=O) groups excluding carboxylic acids is 2. The SMILES string of the molecule is CCCNC(=O)c1cccc(C(=O)N2CC(CO)CCC2C)c1. The smallest absolute Gasteiger partial charge is 0.254 e. The van der Waals surface area contributed by atoms with Gasteiger partial charge in [0.25, 0.3) is 11.8 Å². The fourth-order valence-corrected chi connectivity index (χ4v) is 2.91. The lowest BCUT2D eigenvalue weighted by Gasteiger charge is -2.37. The number of likely N-dealkylation sites (tertiary alicyclic amines) is 1. The maximum absolute atomic E-state index is 12.8. The molecule has 0 radical (unpaired) electrons. The summed E-state index contributed by atoms with van der Waals surface area (Å²) in [6.45, 7) is 5.33. The van der Waals surface area contributed by atoms with E-state index in [1.807, 2.05) is 18.7 Å². The van der Waals surface area contributed by atoms with E-state index in [9.17, 15) is 14.7 Å². The number of rotatable bonds is 5. The van der Waals surface area contributed by atoms with E-state index in [2.05, 4.69) is 5.32 Å². The Bertz CT molecular complexity index is 559. The predicted octanol–water partition coefficient (Wildman–Crippen LogP) is 2.06. The van der Waals surface area contributed by atoms with Crippen molar-refractivity contribution in [1.29, 1.82) is 0 Å². The molecule has 0 bridgehead atoms. The van der Waals surface area contributed by atoms with E-state index in [1.165, 1.54) is 0 Å². The first-order chi connectivity index (χ1) is 11.1. The van der Waals surface area contributed by atoms with Crippen LogP contribution in [0.2, 0.25) is 0 Å². The zero-order chi connectivity index (χ0) is 16.8. The van der Waals surface area contributed by atoms with Crippen LogP contribution in [-0.4, -0.2) is 47.6 Å². The third kappa shape index (κ3) is 4.32. The van der Waals surface area contributed by atoms with Gasteiger partial charge in [-0.15, -0.1) is 0 Å². The monoisotopic (exact) mass is 318 g/mol. The lowest BCUT2D eigenvalue weighted by atomic mass is 9.93. The minimum atomic E-state index is -0.151. The Morgan fingerprint density at radius 2 is 2.04 bits per heavy atom. The Kier molecular flexibility index (Phi) is 6.16. The molecule has 2 atom stereocenters. The molecule has 2 amide bonds. The van der Waals surface area contributed by atoms with Crippen LogP contribution in [0.3, 0.4) is 0 Å². The number of piperidine rings is 1. The molecule has 1 aliphatic heterocycles. The van der Waals surface area contributed by atoms with Crippen molar-refractivity contribution in [2.24, 2.45) is 5.92 Å². The second-order valence-electron chi connectivity index (χ2n) is 6.27. The Morgan fingerprint density at radius 3 is 2.74 bits per heavy atom. The third-order valence-electron chi connectivity index (χ3n) is 4.41. The number of hydrogen-bond acceptors (Lipinski definition) is 3. The van der Waals surface area contributed by atoms with Crippen molar-refractivity contribution in [3.63, 3.8) is 0 Å². The Balaban J connectivity index is 2.14. The molecule has 1 fully saturated rings. The molecular formula is C18H26N2O3. The molecule has 0 aromatic heterocycles. The summed E-state index contributed by atoms with van der Waals surface area (Å²) >= 11 is 0. The summed E-state index contributed by atoms with van der Waals surface area (Å²) in [5.74, 6) is -0.0756. The number of nitrogens with one attached hydrogen (secondary N) is 1. The van der Waals surface area contributed by atoms with E-state index in [-0.39, 0.29) is 30.4 Å². The fourth-order valence-electron chi connectivity index (χ4n) is 2.91. The van der Waals surface area contributed by atoms with Gasteiger partial charge in [-0.1, -0.05) is 13.0 Å². The first-order valence-electron chi connectivity index (χ1n) is 8.36. The van der Waals surface area contributed by atoms with Crippen LogP contribution < -0.4 is 5.32 Å². The Labute approximate surface area is 137 Å². The molecule has 0 spiro atoms. The highest BCUT2D eigenvalue weighted by atomic mass is 16.3. The molecule has 126 valence electrons. The van der Waals surface area contributed by atoms with Gasteiger partial charge in [0.2, 0.25) is 0 Å². The van der Waals surface area contributed by atoms with Gasteiger partial charge in [0.05, 0.1) is 0 Å². The summed E-state index contributed by atoms with van der Waals surface area (Å²) < 4.78 is 0. The third-order valence-corrected chi connectivity index (χ3v) is 4.41. The molecule has 2 unspecified atom stereocenters. The van der Waals surface area contributed by atoms with Crippen molar-refractivity contribution >= 4 is 11.8 Å². The van der Waals surface area contributed by atoms with E-state index in [1.54, 1.807) is 24.3 Å². The average Bonchev–Trinajstić information content (AvgIpc) is 2.59. The normalized spacial score (nSPS) is 21.1. The first kappa shape index (κ1) is 17.5. The first-order valence-corrected chi connectivity index (χ1v) is 8.36. The van der Waals surface area contributed by atoms with Gasteiger partial charge in [0, 0.05) is 36.9 Å². The van der Waals surface area contributed by atoms with Crippen LogP contribution in [0.1, 0.15) is 53.8 Å². The number of carbonyl (C=O) groups is 2. The Morgan fingerprint density at radius 1 is 1.30 bits per heavy atom. The number of benzene rings is 1. The molecule has 23 heavy (non-hydrogen) atoms. The number of aliphatic hydroxyl groups is 1. The van der Waals surface area contributed by atoms with Crippen LogP contribution in [0.5, 0.6) is 0 Å². The summed E-state index contributed by atoms with van der Waals surface area (Å²) in [4.78, 5) is 26.6. The molecule has 5 nitrogen and oxygen atoms in total. The van der Waals surface area contributed by atoms with Crippen LogP contribution >= 0.6 is 0 Å². The predicted molar refractivity (Wildman–Crippen MR) is 89.4 cm³/mol. The summed E-state index contributed by atoms with van der Waals surface area (Å²) in [6.07, 6.45) is 2.72. The van der Waals surface area contributed by atoms with Crippen molar-refractivity contribution in [1.82, 2.24) is 10.2 Å². The number of amides is 2. The number of nitrogens with zero attached hydrogens (tertiary/aromatic N) is 1. The molecule has 1 aromatic rings. The van der Waals surface area contributed by atoms with Gasteiger partial charge >= 0.3 is 0 Å². The Hall–Kier alpha value is -1.88. The summed E-state index contributed by atoms with van der Waals surface area (Å²) in [6, 6.07) is 7.02. The molecule has 5 heteroatoms.